The summed E-state index contributed by atoms with van der Waals surface area (Å²) in [5.74, 6) is 0.894. The molecular formula is C10H18Br+. The third-order valence-electron chi connectivity index (χ3n) is 2.69. The summed E-state index contributed by atoms with van der Waals surface area (Å²) in [6.07, 6.45) is 5.39. The molecule has 0 nitrogen and oxygen atoms in total. The second kappa shape index (κ2) is 3.38. The minimum atomic E-state index is 0.499. The van der Waals surface area contributed by atoms with Crippen molar-refractivity contribution in [1.82, 2.24) is 0 Å². The van der Waals surface area contributed by atoms with Gasteiger partial charge in [0.1, 0.15) is 12.8 Å². The highest BCUT2D eigenvalue weighted by Crippen LogP contribution is 2.42. The van der Waals surface area contributed by atoms with Crippen LogP contribution in [0.3, 0.4) is 0 Å². The Kier molecular flexibility index (Phi) is 2.90. The SMILES string of the molecule is CC(C)(C)C1CCC[C+](Br)C1. The van der Waals surface area contributed by atoms with Crippen LogP contribution in [0.25, 0.3) is 0 Å². The first kappa shape index (κ1) is 9.44. The van der Waals surface area contributed by atoms with Gasteiger partial charge < -0.3 is 0 Å². The largest absolute Gasteiger partial charge is 0.198 e. The van der Waals surface area contributed by atoms with Crippen LogP contribution >= 0.6 is 15.9 Å². The van der Waals surface area contributed by atoms with Gasteiger partial charge in [0.2, 0.25) is 0 Å². The van der Waals surface area contributed by atoms with E-state index in [2.05, 4.69) is 36.7 Å². The molecule has 1 aliphatic carbocycles. The second-order valence-electron chi connectivity index (χ2n) is 4.68. The quantitative estimate of drug-likeness (QED) is 0.536. The van der Waals surface area contributed by atoms with E-state index in [-0.39, 0.29) is 0 Å². The van der Waals surface area contributed by atoms with Gasteiger partial charge in [-0.3, -0.25) is 0 Å². The van der Waals surface area contributed by atoms with Crippen molar-refractivity contribution in [3.8, 4) is 0 Å². The predicted molar refractivity (Wildman–Crippen MR) is 53.6 cm³/mol. The van der Waals surface area contributed by atoms with Crippen LogP contribution in [0.2, 0.25) is 0 Å². The van der Waals surface area contributed by atoms with Gasteiger partial charge >= 0.3 is 0 Å². The van der Waals surface area contributed by atoms with Gasteiger partial charge in [-0.05, 0) is 18.3 Å². The Hall–Kier alpha value is 0.350. The zero-order chi connectivity index (χ0) is 8.48. The van der Waals surface area contributed by atoms with E-state index in [0.717, 1.165) is 5.92 Å². The van der Waals surface area contributed by atoms with Gasteiger partial charge in [-0.25, -0.2) is 0 Å². The van der Waals surface area contributed by atoms with Crippen molar-refractivity contribution >= 4 is 15.9 Å². The molecule has 0 spiro atoms. The normalized spacial score (nSPS) is 27.3. The molecule has 0 radical (unpaired) electrons. The summed E-state index contributed by atoms with van der Waals surface area (Å²) >= 11 is 3.64. The van der Waals surface area contributed by atoms with E-state index in [1.807, 2.05) is 0 Å². The third-order valence-corrected chi connectivity index (χ3v) is 3.41. The molecule has 0 aromatic rings. The van der Waals surface area contributed by atoms with Gasteiger partial charge in [-0.1, -0.05) is 20.8 Å². The van der Waals surface area contributed by atoms with E-state index in [4.69, 9.17) is 0 Å². The lowest BCUT2D eigenvalue weighted by Crippen LogP contribution is -2.24. The molecule has 0 aromatic heterocycles. The average molecular weight is 218 g/mol. The molecule has 1 fully saturated rings. The average Bonchev–Trinajstić information content (AvgIpc) is 1.86. The Morgan fingerprint density at radius 1 is 1.36 bits per heavy atom. The maximum absolute atomic E-state index is 3.64. The highest BCUT2D eigenvalue weighted by molar-refractivity contribution is 9.11. The molecular weight excluding hydrogens is 200 g/mol. The molecule has 1 aliphatic rings. The van der Waals surface area contributed by atoms with Crippen LogP contribution in [0.1, 0.15) is 46.5 Å². The Morgan fingerprint density at radius 3 is 2.36 bits per heavy atom. The number of hydrogen-bond acceptors (Lipinski definition) is 0. The summed E-state index contributed by atoms with van der Waals surface area (Å²) in [5, 5.41) is 0. The maximum Gasteiger partial charge on any atom is 0.198 e. The minimum Gasteiger partial charge on any atom is -0.0597 e. The Labute approximate surface area is 78.9 Å². The Morgan fingerprint density at radius 2 is 2.00 bits per heavy atom. The van der Waals surface area contributed by atoms with Crippen LogP contribution in [0, 0.1) is 16.2 Å². The zero-order valence-electron chi connectivity index (χ0n) is 7.78. The highest BCUT2D eigenvalue weighted by Gasteiger charge is 2.35. The second-order valence-corrected chi connectivity index (χ2v) is 5.80. The lowest BCUT2D eigenvalue weighted by atomic mass is 9.72. The van der Waals surface area contributed by atoms with Crippen molar-refractivity contribution in [1.29, 1.82) is 0 Å². The van der Waals surface area contributed by atoms with E-state index >= 15 is 0 Å². The van der Waals surface area contributed by atoms with Crippen molar-refractivity contribution in [2.24, 2.45) is 11.3 Å². The van der Waals surface area contributed by atoms with Crippen molar-refractivity contribution in [2.45, 2.75) is 46.5 Å². The molecule has 0 saturated heterocycles. The minimum absolute atomic E-state index is 0.499. The van der Waals surface area contributed by atoms with E-state index in [9.17, 15) is 0 Å². The molecule has 0 amide bonds. The summed E-state index contributed by atoms with van der Waals surface area (Å²) in [6, 6.07) is 0. The smallest absolute Gasteiger partial charge is 0.0597 e. The van der Waals surface area contributed by atoms with Gasteiger partial charge in [0.25, 0.3) is 0 Å². The van der Waals surface area contributed by atoms with Gasteiger partial charge in [0.05, 0.1) is 0 Å². The van der Waals surface area contributed by atoms with Crippen molar-refractivity contribution in [2.75, 3.05) is 0 Å². The molecule has 11 heavy (non-hydrogen) atoms. The first-order chi connectivity index (χ1) is 5.00. The van der Waals surface area contributed by atoms with Gasteiger partial charge in [0, 0.05) is 5.92 Å². The molecule has 0 N–H and O–H groups in total. The van der Waals surface area contributed by atoms with Crippen LogP contribution < -0.4 is 0 Å². The summed E-state index contributed by atoms with van der Waals surface area (Å²) in [6.45, 7) is 7.05. The van der Waals surface area contributed by atoms with Crippen LogP contribution in [0.5, 0.6) is 0 Å². The van der Waals surface area contributed by atoms with Crippen molar-refractivity contribution < 1.29 is 0 Å². The van der Waals surface area contributed by atoms with Gasteiger partial charge in [0.15, 0.2) is 20.8 Å². The standard InChI is InChI=1S/C10H18Br/c1-10(2,3)8-5-4-6-9(11)7-8/h8H,4-7H2,1-3H3/q+1. The molecule has 0 aliphatic heterocycles. The number of halogens is 1. The van der Waals surface area contributed by atoms with Crippen molar-refractivity contribution in [3.63, 3.8) is 0 Å². The molecule has 1 atom stereocenters. The highest BCUT2D eigenvalue weighted by atomic mass is 79.9. The number of hydrogen-bond donors (Lipinski definition) is 0. The summed E-state index contributed by atoms with van der Waals surface area (Å²) in [4.78, 5) is 1.53. The molecule has 1 rings (SSSR count). The molecule has 0 heterocycles. The third kappa shape index (κ3) is 2.70. The fourth-order valence-corrected chi connectivity index (χ4v) is 2.42. The van der Waals surface area contributed by atoms with Crippen LogP contribution in [-0.2, 0) is 0 Å². The van der Waals surface area contributed by atoms with E-state index in [1.165, 1.54) is 30.5 Å². The molecule has 0 aromatic carbocycles. The fourth-order valence-electron chi connectivity index (χ4n) is 1.75. The molecule has 1 unspecified atom stereocenters. The predicted octanol–water partition coefficient (Wildman–Crippen LogP) is 4.15. The lowest BCUT2D eigenvalue weighted by molar-refractivity contribution is 0.199. The van der Waals surface area contributed by atoms with Crippen LogP contribution in [-0.4, -0.2) is 0 Å². The molecule has 0 bridgehead atoms. The van der Waals surface area contributed by atoms with Crippen LogP contribution in [0.15, 0.2) is 0 Å². The summed E-state index contributed by atoms with van der Waals surface area (Å²) in [5.41, 5.74) is 0.499. The van der Waals surface area contributed by atoms with Crippen LogP contribution in [0.4, 0.5) is 0 Å². The summed E-state index contributed by atoms with van der Waals surface area (Å²) < 4.78 is 0. The van der Waals surface area contributed by atoms with E-state index in [1.54, 1.807) is 0 Å². The van der Waals surface area contributed by atoms with Gasteiger partial charge in [-0.15, -0.1) is 0 Å². The monoisotopic (exact) mass is 217 g/mol. The van der Waals surface area contributed by atoms with Gasteiger partial charge in [-0.2, -0.15) is 0 Å². The van der Waals surface area contributed by atoms with E-state index < -0.39 is 0 Å². The van der Waals surface area contributed by atoms with E-state index in [0.29, 0.717) is 5.41 Å². The molecule has 64 valence electrons. The Balaban J connectivity index is 2.46. The zero-order valence-corrected chi connectivity index (χ0v) is 9.37. The first-order valence-corrected chi connectivity index (χ1v) is 5.29. The lowest BCUT2D eigenvalue weighted by Gasteiger charge is -2.31. The maximum atomic E-state index is 3.64. The number of rotatable bonds is 0. The first-order valence-electron chi connectivity index (χ1n) is 4.50. The summed E-state index contributed by atoms with van der Waals surface area (Å²) in [7, 11) is 0. The molecule has 1 heteroatoms. The van der Waals surface area contributed by atoms with Crippen molar-refractivity contribution in [3.05, 3.63) is 4.83 Å². The fraction of sp³-hybridized carbons (Fsp3) is 0.900. The molecule has 1 saturated carbocycles. The topological polar surface area (TPSA) is 0 Å². The Bertz CT molecular complexity index is 123.